The Bertz CT molecular complexity index is 504. The predicted molar refractivity (Wildman–Crippen MR) is 69.6 cm³/mol. The van der Waals surface area contributed by atoms with Crippen LogP contribution in [0.2, 0.25) is 5.02 Å². The van der Waals surface area contributed by atoms with Crippen LogP contribution < -0.4 is 5.32 Å². The number of aryl methyl sites for hydroxylation is 1. The van der Waals surface area contributed by atoms with Crippen molar-refractivity contribution in [2.45, 2.75) is 13.5 Å². The van der Waals surface area contributed by atoms with Gasteiger partial charge in [0.25, 0.3) is 5.91 Å². The average molecular weight is 272 g/mol. The molecule has 0 aliphatic rings. The summed E-state index contributed by atoms with van der Waals surface area (Å²) in [7, 11) is 0. The topological polar surface area (TPSA) is 29.1 Å². The maximum atomic E-state index is 11.8. The molecule has 0 spiro atoms. The highest BCUT2D eigenvalue weighted by atomic mass is 35.5. The minimum absolute atomic E-state index is 0.104. The van der Waals surface area contributed by atoms with Crippen molar-refractivity contribution in [3.8, 4) is 0 Å². The van der Waals surface area contributed by atoms with Crippen LogP contribution in [0.15, 0.2) is 22.9 Å². The molecule has 0 aromatic carbocycles. The highest BCUT2D eigenvalue weighted by Crippen LogP contribution is 2.22. The molecule has 0 saturated carbocycles. The fourth-order valence-electron chi connectivity index (χ4n) is 1.28. The molecule has 2 aromatic heterocycles. The molecule has 0 unspecified atom stereocenters. The number of nitrogens with one attached hydrogen (secondary N) is 1. The molecule has 16 heavy (non-hydrogen) atoms. The van der Waals surface area contributed by atoms with Gasteiger partial charge in [-0.25, -0.2) is 0 Å². The Hall–Kier alpha value is -0.840. The second-order valence-electron chi connectivity index (χ2n) is 3.31. The fourth-order valence-corrected chi connectivity index (χ4v) is 3.18. The normalized spacial score (nSPS) is 10.4. The lowest BCUT2D eigenvalue weighted by molar-refractivity contribution is 0.0955. The fraction of sp³-hybridized carbons (Fsp3) is 0.182. The Morgan fingerprint density at radius 2 is 2.12 bits per heavy atom. The molecular formula is C11H10ClNOS2. The molecule has 1 N–H and O–H groups in total. The maximum Gasteiger partial charge on any atom is 0.263 e. The zero-order chi connectivity index (χ0) is 11.5. The van der Waals surface area contributed by atoms with E-state index in [1.165, 1.54) is 21.8 Å². The van der Waals surface area contributed by atoms with Gasteiger partial charge in [0, 0.05) is 4.88 Å². The first kappa shape index (κ1) is 11.6. The number of thiophene rings is 2. The van der Waals surface area contributed by atoms with Gasteiger partial charge in [-0.15, -0.1) is 22.7 Å². The monoisotopic (exact) mass is 271 g/mol. The Kier molecular flexibility index (Phi) is 3.63. The highest BCUT2D eigenvalue weighted by molar-refractivity contribution is 7.12. The van der Waals surface area contributed by atoms with Crippen molar-refractivity contribution in [1.82, 2.24) is 5.32 Å². The summed E-state index contributed by atoms with van der Waals surface area (Å²) in [6.07, 6.45) is 0. The van der Waals surface area contributed by atoms with E-state index in [9.17, 15) is 4.79 Å². The first-order valence-electron chi connectivity index (χ1n) is 4.72. The number of hydrogen-bond acceptors (Lipinski definition) is 3. The van der Waals surface area contributed by atoms with Crippen LogP contribution >= 0.6 is 34.3 Å². The molecule has 0 fully saturated rings. The van der Waals surface area contributed by atoms with Gasteiger partial charge in [0.2, 0.25) is 0 Å². The summed E-state index contributed by atoms with van der Waals surface area (Å²) in [4.78, 5) is 13.5. The third-order valence-electron chi connectivity index (χ3n) is 2.20. The number of hydrogen-bond donors (Lipinski definition) is 1. The van der Waals surface area contributed by atoms with Crippen LogP contribution in [0.1, 0.15) is 20.1 Å². The third kappa shape index (κ3) is 2.45. The molecule has 2 heterocycles. The molecular weight excluding hydrogens is 262 g/mol. The summed E-state index contributed by atoms with van der Waals surface area (Å²) >= 11 is 8.89. The standard InChI is InChI=1S/C11H10ClNOS2/c1-7-2-4-15-9(7)6-13-11(14)10-8(12)3-5-16-10/h2-5H,6H2,1H3,(H,13,14). The van der Waals surface area contributed by atoms with E-state index in [2.05, 4.69) is 5.32 Å². The smallest absolute Gasteiger partial charge is 0.263 e. The first-order valence-corrected chi connectivity index (χ1v) is 6.86. The van der Waals surface area contributed by atoms with Crippen molar-refractivity contribution in [1.29, 1.82) is 0 Å². The minimum atomic E-state index is -0.104. The molecule has 1 amide bonds. The lowest BCUT2D eigenvalue weighted by Crippen LogP contribution is -2.21. The number of amides is 1. The third-order valence-corrected chi connectivity index (χ3v) is 4.56. The van der Waals surface area contributed by atoms with E-state index < -0.39 is 0 Å². The zero-order valence-corrected chi connectivity index (χ0v) is 11.0. The van der Waals surface area contributed by atoms with E-state index in [1.54, 1.807) is 17.4 Å². The van der Waals surface area contributed by atoms with Crippen molar-refractivity contribution in [3.63, 3.8) is 0 Å². The Morgan fingerprint density at radius 1 is 1.38 bits per heavy atom. The summed E-state index contributed by atoms with van der Waals surface area (Å²) in [5.41, 5.74) is 1.21. The molecule has 2 rings (SSSR count). The molecule has 84 valence electrons. The predicted octanol–water partition coefficient (Wildman–Crippen LogP) is 3.70. The molecule has 0 bridgehead atoms. The number of carbonyl (C=O) groups excluding carboxylic acids is 1. The largest absolute Gasteiger partial charge is 0.346 e. The maximum absolute atomic E-state index is 11.8. The van der Waals surface area contributed by atoms with E-state index in [0.29, 0.717) is 16.4 Å². The SMILES string of the molecule is Cc1ccsc1CNC(=O)c1sccc1Cl. The van der Waals surface area contributed by atoms with Gasteiger partial charge in [0.05, 0.1) is 11.6 Å². The van der Waals surface area contributed by atoms with Crippen LogP contribution in [0.3, 0.4) is 0 Å². The van der Waals surface area contributed by atoms with Gasteiger partial charge in [-0.05, 0) is 35.4 Å². The molecule has 0 atom stereocenters. The Balaban J connectivity index is 1.99. The number of carbonyl (C=O) groups is 1. The zero-order valence-electron chi connectivity index (χ0n) is 8.62. The summed E-state index contributed by atoms with van der Waals surface area (Å²) < 4.78 is 0. The van der Waals surface area contributed by atoms with Gasteiger partial charge in [-0.1, -0.05) is 11.6 Å². The summed E-state index contributed by atoms with van der Waals surface area (Å²) in [6.45, 7) is 2.60. The van der Waals surface area contributed by atoms with Crippen LogP contribution in [0.25, 0.3) is 0 Å². The summed E-state index contributed by atoms with van der Waals surface area (Å²) in [5, 5.41) is 7.22. The van der Waals surface area contributed by atoms with E-state index >= 15 is 0 Å². The lowest BCUT2D eigenvalue weighted by Gasteiger charge is -2.03. The van der Waals surface area contributed by atoms with Crippen molar-refractivity contribution in [2.24, 2.45) is 0 Å². The van der Waals surface area contributed by atoms with Crippen LogP contribution in [0, 0.1) is 6.92 Å². The van der Waals surface area contributed by atoms with Crippen LogP contribution in [0.4, 0.5) is 0 Å². The van der Waals surface area contributed by atoms with Crippen LogP contribution in [0.5, 0.6) is 0 Å². The van der Waals surface area contributed by atoms with Gasteiger partial charge >= 0.3 is 0 Å². The lowest BCUT2D eigenvalue weighted by atomic mass is 10.3. The minimum Gasteiger partial charge on any atom is -0.346 e. The quantitative estimate of drug-likeness (QED) is 0.906. The molecule has 2 nitrogen and oxygen atoms in total. The highest BCUT2D eigenvalue weighted by Gasteiger charge is 2.11. The first-order chi connectivity index (χ1) is 7.68. The van der Waals surface area contributed by atoms with E-state index in [4.69, 9.17) is 11.6 Å². The van der Waals surface area contributed by atoms with Crippen LogP contribution in [-0.2, 0) is 6.54 Å². The molecule has 0 saturated heterocycles. The molecule has 0 aliphatic heterocycles. The Morgan fingerprint density at radius 3 is 2.69 bits per heavy atom. The molecule has 5 heteroatoms. The van der Waals surface area contributed by atoms with Crippen molar-refractivity contribution in [2.75, 3.05) is 0 Å². The molecule has 0 aliphatic carbocycles. The summed E-state index contributed by atoms with van der Waals surface area (Å²) in [5.74, 6) is -0.104. The van der Waals surface area contributed by atoms with Crippen molar-refractivity contribution < 1.29 is 4.79 Å². The molecule has 0 radical (unpaired) electrons. The number of rotatable bonds is 3. The van der Waals surface area contributed by atoms with Gasteiger partial charge in [0.15, 0.2) is 0 Å². The Labute approximate surface area is 107 Å². The van der Waals surface area contributed by atoms with Gasteiger partial charge in [-0.2, -0.15) is 0 Å². The summed E-state index contributed by atoms with van der Waals surface area (Å²) in [6, 6.07) is 3.78. The van der Waals surface area contributed by atoms with Crippen LogP contribution in [-0.4, -0.2) is 5.91 Å². The van der Waals surface area contributed by atoms with E-state index in [0.717, 1.165) is 0 Å². The number of halogens is 1. The second kappa shape index (κ2) is 4.99. The van der Waals surface area contributed by atoms with Crippen molar-refractivity contribution in [3.05, 3.63) is 43.2 Å². The van der Waals surface area contributed by atoms with Gasteiger partial charge in [0.1, 0.15) is 4.88 Å². The van der Waals surface area contributed by atoms with Gasteiger partial charge < -0.3 is 5.32 Å². The van der Waals surface area contributed by atoms with E-state index in [-0.39, 0.29) is 5.91 Å². The molecule has 2 aromatic rings. The van der Waals surface area contributed by atoms with E-state index in [1.807, 2.05) is 23.8 Å². The van der Waals surface area contributed by atoms with Gasteiger partial charge in [-0.3, -0.25) is 4.79 Å². The average Bonchev–Trinajstić information content (AvgIpc) is 2.84. The van der Waals surface area contributed by atoms with Crippen molar-refractivity contribution >= 4 is 40.2 Å². The second-order valence-corrected chi connectivity index (χ2v) is 5.63.